The maximum atomic E-state index is 6.15. The SMILES string of the molecule is CC1CCC(N)C(c2nccn2C)C1. The average molecular weight is 193 g/mol. The fourth-order valence-corrected chi connectivity index (χ4v) is 2.44. The summed E-state index contributed by atoms with van der Waals surface area (Å²) >= 11 is 0. The lowest BCUT2D eigenvalue weighted by molar-refractivity contribution is 0.294. The molecule has 3 atom stereocenters. The van der Waals surface area contributed by atoms with Gasteiger partial charge >= 0.3 is 0 Å². The molecule has 1 aromatic heterocycles. The summed E-state index contributed by atoms with van der Waals surface area (Å²) in [7, 11) is 2.05. The van der Waals surface area contributed by atoms with Gasteiger partial charge in [0.05, 0.1) is 0 Å². The highest BCUT2D eigenvalue weighted by Crippen LogP contribution is 2.34. The van der Waals surface area contributed by atoms with E-state index in [0.29, 0.717) is 12.0 Å². The lowest BCUT2D eigenvalue weighted by atomic mass is 9.79. The molecule has 0 aromatic carbocycles. The largest absolute Gasteiger partial charge is 0.338 e. The number of aryl methyl sites for hydroxylation is 1. The van der Waals surface area contributed by atoms with Crippen molar-refractivity contribution in [1.82, 2.24) is 9.55 Å². The minimum atomic E-state index is 0.298. The Labute approximate surface area is 85.3 Å². The Morgan fingerprint density at radius 3 is 2.93 bits per heavy atom. The van der Waals surface area contributed by atoms with Gasteiger partial charge in [0.2, 0.25) is 0 Å². The zero-order valence-corrected chi connectivity index (χ0v) is 8.98. The number of hydrogen-bond acceptors (Lipinski definition) is 2. The second-order valence-electron chi connectivity index (χ2n) is 4.58. The molecule has 1 aromatic rings. The first-order valence-electron chi connectivity index (χ1n) is 5.41. The lowest BCUT2D eigenvalue weighted by Gasteiger charge is -2.31. The van der Waals surface area contributed by atoms with Crippen molar-refractivity contribution in [3.63, 3.8) is 0 Å². The van der Waals surface area contributed by atoms with Crippen LogP contribution >= 0.6 is 0 Å². The number of nitrogens with two attached hydrogens (primary N) is 1. The van der Waals surface area contributed by atoms with Crippen molar-refractivity contribution in [2.45, 2.75) is 38.1 Å². The smallest absolute Gasteiger partial charge is 0.113 e. The second-order valence-corrected chi connectivity index (χ2v) is 4.58. The minimum Gasteiger partial charge on any atom is -0.338 e. The third-order valence-electron chi connectivity index (χ3n) is 3.36. The Morgan fingerprint density at radius 1 is 1.50 bits per heavy atom. The third kappa shape index (κ3) is 1.69. The maximum Gasteiger partial charge on any atom is 0.113 e. The lowest BCUT2D eigenvalue weighted by Crippen LogP contribution is -2.35. The van der Waals surface area contributed by atoms with Gasteiger partial charge in [0.25, 0.3) is 0 Å². The van der Waals surface area contributed by atoms with E-state index in [2.05, 4.69) is 16.5 Å². The number of imidazole rings is 1. The summed E-state index contributed by atoms with van der Waals surface area (Å²) in [4.78, 5) is 4.41. The molecule has 3 heteroatoms. The van der Waals surface area contributed by atoms with Crippen LogP contribution in [-0.2, 0) is 7.05 Å². The molecule has 1 fully saturated rings. The van der Waals surface area contributed by atoms with Crippen LogP contribution in [0.3, 0.4) is 0 Å². The fraction of sp³-hybridized carbons (Fsp3) is 0.727. The zero-order chi connectivity index (χ0) is 10.1. The van der Waals surface area contributed by atoms with Crippen molar-refractivity contribution >= 4 is 0 Å². The summed E-state index contributed by atoms with van der Waals surface area (Å²) < 4.78 is 2.10. The van der Waals surface area contributed by atoms with E-state index in [0.717, 1.165) is 18.2 Å². The highest BCUT2D eigenvalue weighted by Gasteiger charge is 2.29. The van der Waals surface area contributed by atoms with Gasteiger partial charge in [-0.15, -0.1) is 0 Å². The summed E-state index contributed by atoms with van der Waals surface area (Å²) in [6.45, 7) is 2.31. The van der Waals surface area contributed by atoms with Gasteiger partial charge in [0.1, 0.15) is 5.82 Å². The van der Waals surface area contributed by atoms with Crippen LogP contribution in [0.1, 0.15) is 37.9 Å². The molecule has 0 amide bonds. The Kier molecular flexibility index (Phi) is 2.59. The fourth-order valence-electron chi connectivity index (χ4n) is 2.44. The molecule has 78 valence electrons. The molecule has 2 N–H and O–H groups in total. The molecule has 3 nitrogen and oxygen atoms in total. The number of rotatable bonds is 1. The van der Waals surface area contributed by atoms with Crippen LogP contribution in [-0.4, -0.2) is 15.6 Å². The highest BCUT2D eigenvalue weighted by atomic mass is 15.0. The molecule has 1 heterocycles. The third-order valence-corrected chi connectivity index (χ3v) is 3.36. The maximum absolute atomic E-state index is 6.15. The Bertz CT molecular complexity index is 305. The van der Waals surface area contributed by atoms with E-state index in [4.69, 9.17) is 5.73 Å². The van der Waals surface area contributed by atoms with E-state index >= 15 is 0 Å². The van der Waals surface area contributed by atoms with Crippen molar-refractivity contribution in [2.24, 2.45) is 18.7 Å². The molecular weight excluding hydrogens is 174 g/mol. The number of hydrogen-bond donors (Lipinski definition) is 1. The summed E-state index contributed by atoms with van der Waals surface area (Å²) in [5.41, 5.74) is 6.15. The molecule has 3 unspecified atom stereocenters. The molecule has 0 spiro atoms. The molecule has 1 aliphatic rings. The van der Waals surface area contributed by atoms with Crippen molar-refractivity contribution in [1.29, 1.82) is 0 Å². The van der Waals surface area contributed by atoms with E-state index in [1.165, 1.54) is 12.8 Å². The standard InChI is InChI=1S/C11H19N3/c1-8-3-4-10(12)9(7-8)11-13-5-6-14(11)2/h5-6,8-10H,3-4,7,12H2,1-2H3. The van der Waals surface area contributed by atoms with E-state index in [1.807, 2.05) is 19.4 Å². The predicted molar refractivity (Wildman–Crippen MR) is 56.9 cm³/mol. The summed E-state index contributed by atoms with van der Waals surface area (Å²) in [5, 5.41) is 0. The van der Waals surface area contributed by atoms with Crippen LogP contribution in [0.5, 0.6) is 0 Å². The van der Waals surface area contributed by atoms with Crippen molar-refractivity contribution in [2.75, 3.05) is 0 Å². The van der Waals surface area contributed by atoms with Crippen LogP contribution in [0.2, 0.25) is 0 Å². The summed E-state index contributed by atoms with van der Waals surface area (Å²) in [6.07, 6.45) is 7.45. The van der Waals surface area contributed by atoms with Crippen LogP contribution in [0.4, 0.5) is 0 Å². The van der Waals surface area contributed by atoms with Crippen LogP contribution < -0.4 is 5.73 Å². The predicted octanol–water partition coefficient (Wildman–Crippen LogP) is 1.65. The van der Waals surface area contributed by atoms with E-state index in [9.17, 15) is 0 Å². The molecule has 2 rings (SSSR count). The Hall–Kier alpha value is -0.830. The minimum absolute atomic E-state index is 0.298. The molecule has 1 aliphatic carbocycles. The van der Waals surface area contributed by atoms with E-state index in [1.54, 1.807) is 0 Å². The second kappa shape index (κ2) is 3.73. The van der Waals surface area contributed by atoms with Gasteiger partial charge in [-0.05, 0) is 25.2 Å². The van der Waals surface area contributed by atoms with Gasteiger partial charge in [-0.3, -0.25) is 0 Å². The molecule has 0 bridgehead atoms. The molecule has 0 radical (unpaired) electrons. The van der Waals surface area contributed by atoms with Gasteiger partial charge in [0, 0.05) is 31.4 Å². The van der Waals surface area contributed by atoms with Crippen LogP contribution in [0.25, 0.3) is 0 Å². The topological polar surface area (TPSA) is 43.8 Å². The van der Waals surface area contributed by atoms with Gasteiger partial charge in [-0.1, -0.05) is 6.92 Å². The van der Waals surface area contributed by atoms with Crippen LogP contribution in [0.15, 0.2) is 12.4 Å². The van der Waals surface area contributed by atoms with Gasteiger partial charge in [-0.2, -0.15) is 0 Å². The zero-order valence-electron chi connectivity index (χ0n) is 8.98. The Balaban J connectivity index is 2.20. The van der Waals surface area contributed by atoms with Gasteiger partial charge < -0.3 is 10.3 Å². The van der Waals surface area contributed by atoms with Crippen molar-refractivity contribution in [3.8, 4) is 0 Å². The van der Waals surface area contributed by atoms with Crippen LogP contribution in [0, 0.1) is 5.92 Å². The summed E-state index contributed by atoms with van der Waals surface area (Å²) in [6, 6.07) is 0.298. The molecule has 14 heavy (non-hydrogen) atoms. The quantitative estimate of drug-likeness (QED) is 0.737. The monoisotopic (exact) mass is 193 g/mol. The number of aromatic nitrogens is 2. The number of nitrogens with zero attached hydrogens (tertiary/aromatic N) is 2. The molecule has 0 saturated heterocycles. The van der Waals surface area contributed by atoms with Gasteiger partial charge in [0.15, 0.2) is 0 Å². The molecule has 1 saturated carbocycles. The summed E-state index contributed by atoms with van der Waals surface area (Å²) in [5.74, 6) is 2.40. The van der Waals surface area contributed by atoms with Crippen molar-refractivity contribution in [3.05, 3.63) is 18.2 Å². The average Bonchev–Trinajstić information content (AvgIpc) is 2.56. The highest BCUT2D eigenvalue weighted by molar-refractivity contribution is 5.05. The Morgan fingerprint density at radius 2 is 2.29 bits per heavy atom. The molecule has 0 aliphatic heterocycles. The first-order chi connectivity index (χ1) is 6.68. The first-order valence-corrected chi connectivity index (χ1v) is 5.41. The normalized spacial score (nSPS) is 33.2. The van der Waals surface area contributed by atoms with Gasteiger partial charge in [-0.25, -0.2) is 4.98 Å². The van der Waals surface area contributed by atoms with Crippen molar-refractivity contribution < 1.29 is 0 Å². The van der Waals surface area contributed by atoms with E-state index < -0.39 is 0 Å². The molecular formula is C11H19N3. The van der Waals surface area contributed by atoms with E-state index in [-0.39, 0.29) is 0 Å². The first kappa shape index (κ1) is 9.71.